The van der Waals surface area contributed by atoms with Crippen molar-refractivity contribution < 1.29 is 4.79 Å². The maximum absolute atomic E-state index is 12.4. The van der Waals surface area contributed by atoms with E-state index in [1.807, 2.05) is 6.07 Å². The molecule has 2 atom stereocenters. The highest BCUT2D eigenvalue weighted by molar-refractivity contribution is 7.18. The smallest absolute Gasteiger partial charge is 0.234 e. The van der Waals surface area contributed by atoms with Gasteiger partial charge in [-0.3, -0.25) is 14.6 Å². The van der Waals surface area contributed by atoms with E-state index in [9.17, 15) is 4.79 Å². The van der Waals surface area contributed by atoms with Gasteiger partial charge in [0.1, 0.15) is 5.01 Å². The quantitative estimate of drug-likeness (QED) is 0.858. The van der Waals surface area contributed by atoms with E-state index in [0.29, 0.717) is 18.5 Å². The van der Waals surface area contributed by atoms with Crippen LogP contribution in [0.1, 0.15) is 37.6 Å². The molecule has 27 heavy (non-hydrogen) atoms. The molecule has 6 heteroatoms. The van der Waals surface area contributed by atoms with Crippen LogP contribution in [0, 0.1) is 5.92 Å². The van der Waals surface area contributed by atoms with Gasteiger partial charge >= 0.3 is 0 Å². The van der Waals surface area contributed by atoms with Crippen molar-refractivity contribution in [3.8, 4) is 0 Å². The maximum atomic E-state index is 12.4. The minimum Gasteiger partial charge on any atom is -0.352 e. The van der Waals surface area contributed by atoms with Gasteiger partial charge in [0.2, 0.25) is 5.91 Å². The molecule has 5 nitrogen and oxygen atoms in total. The number of benzene rings is 1. The van der Waals surface area contributed by atoms with Gasteiger partial charge in [-0.25, -0.2) is 4.98 Å². The Kier molecular flexibility index (Phi) is 6.05. The molecule has 1 N–H and O–H groups in total. The first-order chi connectivity index (χ1) is 13.2. The number of carbonyl (C=O) groups is 1. The number of thiazole rings is 1. The van der Waals surface area contributed by atoms with E-state index < -0.39 is 0 Å². The largest absolute Gasteiger partial charge is 0.352 e. The number of aromatic nitrogens is 1. The van der Waals surface area contributed by atoms with Crippen molar-refractivity contribution in [3.63, 3.8) is 0 Å². The van der Waals surface area contributed by atoms with Crippen molar-refractivity contribution in [1.82, 2.24) is 20.1 Å². The summed E-state index contributed by atoms with van der Waals surface area (Å²) in [5.74, 6) is 0.821. The molecule has 1 saturated carbocycles. The van der Waals surface area contributed by atoms with Crippen LogP contribution < -0.4 is 5.32 Å². The summed E-state index contributed by atoms with van der Waals surface area (Å²) in [7, 11) is 0. The molecule has 1 saturated heterocycles. The Hall–Kier alpha value is -1.50. The molecule has 0 radical (unpaired) electrons. The van der Waals surface area contributed by atoms with Gasteiger partial charge in [0, 0.05) is 32.2 Å². The van der Waals surface area contributed by atoms with Gasteiger partial charge < -0.3 is 5.32 Å². The molecule has 1 aliphatic heterocycles. The second-order valence-electron chi connectivity index (χ2n) is 8.06. The van der Waals surface area contributed by atoms with Crippen molar-refractivity contribution in [2.45, 2.75) is 45.2 Å². The Morgan fingerprint density at radius 1 is 1.15 bits per heavy atom. The lowest BCUT2D eigenvalue weighted by Gasteiger charge is -2.35. The SMILES string of the molecule is C[C@H]1CCCC[C@@H]1NC(=O)CN1CCN(Cc2nc3ccccc3s2)CC1. The number of carbonyl (C=O) groups excluding carboxylic acids is 1. The average molecular weight is 387 g/mol. The van der Waals surface area contributed by atoms with Crippen molar-refractivity contribution in [3.05, 3.63) is 29.3 Å². The van der Waals surface area contributed by atoms with Crippen molar-refractivity contribution in [2.75, 3.05) is 32.7 Å². The molecule has 2 fully saturated rings. The number of nitrogens with one attached hydrogen (secondary N) is 1. The zero-order chi connectivity index (χ0) is 18.6. The highest BCUT2D eigenvalue weighted by Crippen LogP contribution is 2.24. The fourth-order valence-electron chi connectivity index (χ4n) is 4.27. The lowest BCUT2D eigenvalue weighted by molar-refractivity contribution is -0.124. The minimum absolute atomic E-state index is 0.202. The molecule has 2 heterocycles. The number of hydrogen-bond acceptors (Lipinski definition) is 5. The fraction of sp³-hybridized carbons (Fsp3) is 0.619. The molecule has 0 bridgehead atoms. The third kappa shape index (κ3) is 4.86. The van der Waals surface area contributed by atoms with Gasteiger partial charge in [0.05, 0.1) is 23.3 Å². The molecule has 1 amide bonds. The summed E-state index contributed by atoms with van der Waals surface area (Å²) in [4.78, 5) is 21.9. The molecule has 2 aliphatic rings. The first kappa shape index (κ1) is 18.8. The molecular weight excluding hydrogens is 356 g/mol. The molecule has 146 valence electrons. The summed E-state index contributed by atoms with van der Waals surface area (Å²) >= 11 is 1.79. The predicted octanol–water partition coefficient (Wildman–Crippen LogP) is 3.11. The molecule has 1 aromatic heterocycles. The van der Waals surface area contributed by atoms with Gasteiger partial charge in [-0.15, -0.1) is 11.3 Å². The number of rotatable bonds is 5. The van der Waals surface area contributed by atoms with Crippen molar-refractivity contribution >= 4 is 27.5 Å². The molecule has 1 aromatic carbocycles. The van der Waals surface area contributed by atoms with E-state index in [2.05, 4.69) is 40.2 Å². The van der Waals surface area contributed by atoms with Crippen LogP contribution in [0.3, 0.4) is 0 Å². The topological polar surface area (TPSA) is 48.5 Å². The number of piperazine rings is 1. The second-order valence-corrected chi connectivity index (χ2v) is 9.18. The summed E-state index contributed by atoms with van der Waals surface area (Å²) in [6.07, 6.45) is 4.95. The summed E-state index contributed by atoms with van der Waals surface area (Å²) < 4.78 is 1.26. The summed E-state index contributed by atoms with van der Waals surface area (Å²) in [5, 5.41) is 4.47. The molecule has 1 aliphatic carbocycles. The lowest BCUT2D eigenvalue weighted by atomic mass is 9.86. The van der Waals surface area contributed by atoms with E-state index in [-0.39, 0.29) is 5.91 Å². The maximum Gasteiger partial charge on any atom is 0.234 e. The first-order valence-electron chi connectivity index (χ1n) is 10.3. The van der Waals surface area contributed by atoms with E-state index in [4.69, 9.17) is 4.98 Å². The lowest BCUT2D eigenvalue weighted by Crippen LogP contribution is -2.51. The highest BCUT2D eigenvalue weighted by Gasteiger charge is 2.25. The number of fused-ring (bicyclic) bond motifs is 1. The Bertz CT molecular complexity index is 735. The molecule has 2 aromatic rings. The molecule has 0 spiro atoms. The fourth-order valence-corrected chi connectivity index (χ4v) is 5.28. The molecule has 4 rings (SSSR count). The predicted molar refractivity (Wildman–Crippen MR) is 111 cm³/mol. The van der Waals surface area contributed by atoms with Crippen LogP contribution in [0.25, 0.3) is 10.2 Å². The van der Waals surface area contributed by atoms with Gasteiger partial charge in [-0.2, -0.15) is 0 Å². The summed E-state index contributed by atoms with van der Waals surface area (Å²) in [6, 6.07) is 8.72. The Labute approximate surface area is 165 Å². The zero-order valence-corrected chi connectivity index (χ0v) is 17.0. The van der Waals surface area contributed by atoms with Crippen LogP contribution in [0.4, 0.5) is 0 Å². The van der Waals surface area contributed by atoms with Crippen LogP contribution in [-0.2, 0) is 11.3 Å². The Morgan fingerprint density at radius 2 is 1.89 bits per heavy atom. The third-order valence-electron chi connectivity index (χ3n) is 5.99. The Morgan fingerprint density at radius 3 is 2.67 bits per heavy atom. The highest BCUT2D eigenvalue weighted by atomic mass is 32.1. The monoisotopic (exact) mass is 386 g/mol. The minimum atomic E-state index is 0.202. The van der Waals surface area contributed by atoms with Crippen LogP contribution in [0.2, 0.25) is 0 Å². The van der Waals surface area contributed by atoms with Crippen molar-refractivity contribution in [2.24, 2.45) is 5.92 Å². The number of amides is 1. The van der Waals surface area contributed by atoms with Crippen LogP contribution >= 0.6 is 11.3 Å². The van der Waals surface area contributed by atoms with Crippen LogP contribution in [0.5, 0.6) is 0 Å². The standard InChI is InChI=1S/C21H30N4OS/c1-16-6-2-3-7-17(16)22-20(26)14-24-10-12-25(13-11-24)15-21-23-18-8-4-5-9-19(18)27-21/h4-5,8-9,16-17H,2-3,6-7,10-15H2,1H3,(H,22,26)/t16-,17-/m0/s1. The van der Waals surface area contributed by atoms with E-state index in [0.717, 1.165) is 44.7 Å². The molecule has 0 unspecified atom stereocenters. The van der Waals surface area contributed by atoms with E-state index in [1.165, 1.54) is 29.0 Å². The third-order valence-corrected chi connectivity index (χ3v) is 7.01. The number of para-hydroxylation sites is 1. The van der Waals surface area contributed by atoms with Crippen molar-refractivity contribution in [1.29, 1.82) is 0 Å². The zero-order valence-electron chi connectivity index (χ0n) is 16.2. The normalized spacial score (nSPS) is 24.9. The summed E-state index contributed by atoms with van der Waals surface area (Å²) in [6.45, 7) is 7.64. The average Bonchev–Trinajstić information content (AvgIpc) is 3.07. The molecular formula is C21H30N4OS. The number of hydrogen-bond donors (Lipinski definition) is 1. The first-order valence-corrected chi connectivity index (χ1v) is 11.1. The van der Waals surface area contributed by atoms with Gasteiger partial charge in [0.15, 0.2) is 0 Å². The van der Waals surface area contributed by atoms with Gasteiger partial charge in [-0.05, 0) is 30.9 Å². The van der Waals surface area contributed by atoms with Gasteiger partial charge in [0.25, 0.3) is 0 Å². The van der Waals surface area contributed by atoms with Crippen LogP contribution in [-0.4, -0.2) is 59.5 Å². The Balaban J connectivity index is 1.22. The van der Waals surface area contributed by atoms with E-state index in [1.54, 1.807) is 11.3 Å². The number of nitrogens with zero attached hydrogens (tertiary/aromatic N) is 3. The van der Waals surface area contributed by atoms with Gasteiger partial charge in [-0.1, -0.05) is 31.9 Å². The summed E-state index contributed by atoms with van der Waals surface area (Å²) in [5.41, 5.74) is 1.10. The van der Waals surface area contributed by atoms with E-state index >= 15 is 0 Å². The van der Waals surface area contributed by atoms with Crippen LogP contribution in [0.15, 0.2) is 24.3 Å². The second kappa shape index (κ2) is 8.67.